The molecule has 1 amide bonds. The number of hydrogen-bond acceptors (Lipinski definition) is 8. The van der Waals surface area contributed by atoms with Gasteiger partial charge in [0.1, 0.15) is 5.82 Å². The number of carbonyl (C=O) groups excluding carboxylic acids is 1. The fourth-order valence-electron chi connectivity index (χ4n) is 4.15. The fraction of sp³-hybridized carbons (Fsp3) is 0.524. The van der Waals surface area contributed by atoms with Gasteiger partial charge in [0.15, 0.2) is 11.6 Å². The summed E-state index contributed by atoms with van der Waals surface area (Å²) < 4.78 is 24.8. The van der Waals surface area contributed by atoms with E-state index in [4.69, 9.17) is 0 Å². The van der Waals surface area contributed by atoms with Crippen molar-refractivity contribution in [2.45, 2.75) is 19.8 Å². The predicted octanol–water partition coefficient (Wildman–Crippen LogP) is 1.24. The van der Waals surface area contributed by atoms with E-state index in [2.05, 4.69) is 25.4 Å². The summed E-state index contributed by atoms with van der Waals surface area (Å²) in [6, 6.07) is 9.54. The van der Waals surface area contributed by atoms with Gasteiger partial charge in [0, 0.05) is 50.9 Å². The Morgan fingerprint density at radius 3 is 2.28 bits per heavy atom. The highest BCUT2D eigenvalue weighted by Gasteiger charge is 2.32. The molecular weight excluding hydrogens is 430 g/mol. The number of nitrogens with one attached hydrogen (secondary N) is 1. The molecule has 1 N–H and O–H groups in total. The Labute approximate surface area is 188 Å². The van der Waals surface area contributed by atoms with Crippen molar-refractivity contribution in [2.24, 2.45) is 5.92 Å². The summed E-state index contributed by atoms with van der Waals surface area (Å²) >= 11 is 0. The van der Waals surface area contributed by atoms with Gasteiger partial charge in [0.05, 0.1) is 6.26 Å². The molecule has 2 aliphatic rings. The second kappa shape index (κ2) is 9.37. The number of carbonyl (C=O) groups is 1. The molecule has 0 unspecified atom stereocenters. The van der Waals surface area contributed by atoms with Crippen LogP contribution in [-0.4, -0.2) is 84.2 Å². The highest BCUT2D eigenvalue weighted by molar-refractivity contribution is 7.88. The Bertz CT molecular complexity index is 1050. The predicted molar refractivity (Wildman–Crippen MR) is 122 cm³/mol. The van der Waals surface area contributed by atoms with Gasteiger partial charge in [-0.2, -0.15) is 0 Å². The molecule has 172 valence electrons. The largest absolute Gasteiger partial charge is 0.352 e. The Morgan fingerprint density at radius 2 is 1.69 bits per heavy atom. The normalized spacial score (nSPS) is 18.6. The number of rotatable bonds is 5. The molecule has 2 fully saturated rings. The van der Waals surface area contributed by atoms with Gasteiger partial charge in [-0.15, -0.1) is 10.2 Å². The van der Waals surface area contributed by atoms with Crippen LogP contribution in [0.5, 0.6) is 0 Å². The second-order valence-corrected chi connectivity index (χ2v) is 10.3. The van der Waals surface area contributed by atoms with E-state index in [0.29, 0.717) is 57.9 Å². The van der Waals surface area contributed by atoms with Crippen LogP contribution in [0.2, 0.25) is 0 Å². The Morgan fingerprint density at radius 1 is 0.969 bits per heavy atom. The number of nitrogens with zero attached hydrogens (tertiary/aromatic N) is 6. The van der Waals surface area contributed by atoms with E-state index < -0.39 is 10.0 Å². The monoisotopic (exact) mass is 459 g/mol. The van der Waals surface area contributed by atoms with Crippen molar-refractivity contribution in [2.75, 3.05) is 55.7 Å². The number of pyridine rings is 1. The van der Waals surface area contributed by atoms with Gasteiger partial charge < -0.3 is 15.1 Å². The van der Waals surface area contributed by atoms with Crippen LogP contribution in [0, 0.1) is 12.8 Å². The summed E-state index contributed by atoms with van der Waals surface area (Å²) in [5, 5.41) is 11.7. The molecule has 32 heavy (non-hydrogen) atoms. The van der Waals surface area contributed by atoms with Gasteiger partial charge in [0.2, 0.25) is 15.9 Å². The van der Waals surface area contributed by atoms with E-state index in [1.807, 2.05) is 42.2 Å². The molecule has 4 rings (SSSR count). The van der Waals surface area contributed by atoms with Crippen LogP contribution in [0.25, 0.3) is 0 Å². The molecule has 2 aromatic rings. The number of piperidine rings is 1. The molecule has 0 atom stereocenters. The molecule has 2 saturated heterocycles. The van der Waals surface area contributed by atoms with Gasteiger partial charge in [-0.25, -0.2) is 17.7 Å². The first-order valence-electron chi connectivity index (χ1n) is 10.8. The summed E-state index contributed by atoms with van der Waals surface area (Å²) in [7, 11) is -3.18. The van der Waals surface area contributed by atoms with Crippen molar-refractivity contribution in [3.63, 3.8) is 0 Å². The van der Waals surface area contributed by atoms with Gasteiger partial charge in [0.25, 0.3) is 0 Å². The fourth-order valence-corrected chi connectivity index (χ4v) is 5.03. The van der Waals surface area contributed by atoms with Crippen molar-refractivity contribution < 1.29 is 13.2 Å². The van der Waals surface area contributed by atoms with Gasteiger partial charge >= 0.3 is 0 Å². The lowest BCUT2D eigenvalue weighted by Gasteiger charge is -2.38. The third-order valence-electron chi connectivity index (χ3n) is 5.98. The lowest BCUT2D eigenvalue weighted by atomic mass is 9.96. The van der Waals surface area contributed by atoms with Crippen molar-refractivity contribution in [1.82, 2.24) is 24.4 Å². The van der Waals surface area contributed by atoms with Crippen molar-refractivity contribution >= 4 is 33.4 Å². The number of amides is 1. The summed E-state index contributed by atoms with van der Waals surface area (Å²) in [6.07, 6.45) is 2.39. The van der Waals surface area contributed by atoms with Crippen LogP contribution in [0.3, 0.4) is 0 Å². The third-order valence-corrected chi connectivity index (χ3v) is 7.29. The lowest BCUT2D eigenvalue weighted by molar-refractivity contribution is -0.137. The molecule has 0 bridgehead atoms. The highest BCUT2D eigenvalue weighted by atomic mass is 32.2. The summed E-state index contributed by atoms with van der Waals surface area (Å²) in [5.41, 5.74) is 0.924. The van der Waals surface area contributed by atoms with Crippen LogP contribution in [-0.2, 0) is 14.8 Å². The summed E-state index contributed by atoms with van der Waals surface area (Å²) in [5.74, 6) is 2.16. The van der Waals surface area contributed by atoms with Crippen molar-refractivity contribution in [3.8, 4) is 0 Å². The number of sulfonamides is 1. The minimum Gasteiger partial charge on any atom is -0.352 e. The number of aryl methyl sites for hydroxylation is 1. The van der Waals surface area contributed by atoms with Crippen LogP contribution < -0.4 is 10.2 Å². The van der Waals surface area contributed by atoms with E-state index in [-0.39, 0.29) is 11.8 Å². The molecule has 2 aromatic heterocycles. The quantitative estimate of drug-likeness (QED) is 0.711. The van der Waals surface area contributed by atoms with E-state index in [9.17, 15) is 13.2 Å². The molecule has 0 aromatic carbocycles. The molecule has 0 aliphatic carbocycles. The number of aromatic nitrogens is 3. The van der Waals surface area contributed by atoms with Gasteiger partial charge in [-0.1, -0.05) is 6.07 Å². The minimum absolute atomic E-state index is 0.0973. The molecule has 2 aliphatic heterocycles. The van der Waals surface area contributed by atoms with Crippen molar-refractivity contribution in [1.29, 1.82) is 0 Å². The van der Waals surface area contributed by atoms with E-state index in [1.165, 1.54) is 10.6 Å². The Hall–Kier alpha value is -2.79. The maximum atomic E-state index is 12.9. The standard InChI is InChI=1S/C21H29N7O3S/c1-16-4-3-5-18(22-16)23-19-6-7-20(25-24-19)26-12-14-27(15-13-26)21(29)17-8-10-28(11-9-17)32(2,30)31/h3-7,17H,8-15H2,1-2H3,(H,22,23,24). The molecular formula is C21H29N7O3S. The number of piperazine rings is 1. The Balaban J connectivity index is 1.28. The second-order valence-electron chi connectivity index (χ2n) is 8.31. The SMILES string of the molecule is Cc1cccc(Nc2ccc(N3CCN(C(=O)C4CCN(S(C)(=O)=O)CC4)CC3)nn2)n1. The molecule has 4 heterocycles. The molecule has 11 heteroatoms. The zero-order valence-corrected chi connectivity index (χ0v) is 19.3. The van der Waals surface area contributed by atoms with Crippen LogP contribution in [0.4, 0.5) is 17.5 Å². The topological polar surface area (TPSA) is 112 Å². The molecule has 10 nitrogen and oxygen atoms in total. The summed E-state index contributed by atoms with van der Waals surface area (Å²) in [4.78, 5) is 21.3. The summed E-state index contributed by atoms with van der Waals surface area (Å²) in [6.45, 7) is 5.40. The molecule has 0 saturated carbocycles. The maximum absolute atomic E-state index is 12.9. The van der Waals surface area contributed by atoms with Crippen molar-refractivity contribution in [3.05, 3.63) is 36.0 Å². The number of anilines is 3. The number of hydrogen-bond donors (Lipinski definition) is 1. The van der Waals surface area contributed by atoms with E-state index >= 15 is 0 Å². The third kappa shape index (κ3) is 5.33. The Kier molecular flexibility index (Phi) is 6.56. The molecule has 0 spiro atoms. The van der Waals surface area contributed by atoms with Crippen LogP contribution in [0.15, 0.2) is 30.3 Å². The van der Waals surface area contributed by atoms with Gasteiger partial charge in [-0.3, -0.25) is 4.79 Å². The average molecular weight is 460 g/mol. The lowest BCUT2D eigenvalue weighted by Crippen LogP contribution is -2.52. The molecule has 0 radical (unpaired) electrons. The minimum atomic E-state index is -3.18. The maximum Gasteiger partial charge on any atom is 0.225 e. The smallest absolute Gasteiger partial charge is 0.225 e. The van der Waals surface area contributed by atoms with E-state index in [1.54, 1.807) is 0 Å². The zero-order valence-electron chi connectivity index (χ0n) is 18.4. The van der Waals surface area contributed by atoms with Crippen LogP contribution >= 0.6 is 0 Å². The average Bonchev–Trinajstić information content (AvgIpc) is 2.79. The first-order valence-corrected chi connectivity index (χ1v) is 12.7. The van der Waals surface area contributed by atoms with E-state index in [0.717, 1.165) is 17.3 Å². The first kappa shape index (κ1) is 22.4. The highest BCUT2D eigenvalue weighted by Crippen LogP contribution is 2.23. The zero-order chi connectivity index (χ0) is 22.7. The van der Waals surface area contributed by atoms with Crippen LogP contribution in [0.1, 0.15) is 18.5 Å². The van der Waals surface area contributed by atoms with Gasteiger partial charge in [-0.05, 0) is 44.0 Å². The first-order chi connectivity index (χ1) is 15.3.